The predicted octanol–water partition coefficient (Wildman–Crippen LogP) is 1.89. The Kier molecular flexibility index (Phi) is 2.49. The minimum absolute atomic E-state index is 0.0295. The number of hydrogen-bond acceptors (Lipinski definition) is 3. The van der Waals surface area contributed by atoms with Gasteiger partial charge in [-0.15, -0.1) is 3.89 Å². The molecule has 3 nitrogen and oxygen atoms in total. The zero-order chi connectivity index (χ0) is 10.2. The summed E-state index contributed by atoms with van der Waals surface area (Å²) in [6, 6.07) is 2.32. The molecule has 0 heterocycles. The third-order valence-electron chi connectivity index (χ3n) is 1.56. The van der Waals surface area contributed by atoms with Crippen LogP contribution in [-0.2, 0) is 10.2 Å². The Morgan fingerprint density at radius 1 is 1.46 bits per heavy atom. The Bertz CT molecular complexity index is 444. The normalized spacial score (nSPS) is 11.6. The maximum atomic E-state index is 12.6. The van der Waals surface area contributed by atoms with Crippen LogP contribution in [0.1, 0.15) is 5.56 Å². The van der Waals surface area contributed by atoms with Crippen molar-refractivity contribution in [3.63, 3.8) is 0 Å². The number of aryl methyl sites for hydroxylation is 1. The quantitative estimate of drug-likeness (QED) is 0.584. The van der Waals surface area contributed by atoms with Crippen molar-refractivity contribution in [2.24, 2.45) is 0 Å². The molecule has 1 aromatic rings. The molecule has 0 saturated carbocycles. The molecular weight excluding hydrogens is 217 g/mol. The zero-order valence-electron chi connectivity index (χ0n) is 6.71. The predicted molar refractivity (Wildman–Crippen MR) is 48.9 cm³/mol. The standard InChI is InChI=1S/C7H7ClFNO2S/c1-4-2-6(10)5(8)3-7(4)13(9,11)12/h2-3H,10H2,1H3. The van der Waals surface area contributed by atoms with Gasteiger partial charge in [0.05, 0.1) is 10.7 Å². The molecule has 0 aliphatic carbocycles. The van der Waals surface area contributed by atoms with Gasteiger partial charge in [-0.2, -0.15) is 8.42 Å². The summed E-state index contributed by atoms with van der Waals surface area (Å²) in [5.74, 6) is 0. The van der Waals surface area contributed by atoms with Crippen molar-refractivity contribution in [2.75, 3.05) is 5.73 Å². The summed E-state index contributed by atoms with van der Waals surface area (Å²) < 4.78 is 33.7. The molecule has 2 N–H and O–H groups in total. The summed E-state index contributed by atoms with van der Waals surface area (Å²) >= 11 is 5.54. The first-order valence-corrected chi connectivity index (χ1v) is 5.09. The number of nitrogen functional groups attached to an aromatic ring is 1. The highest BCUT2D eigenvalue weighted by molar-refractivity contribution is 7.86. The SMILES string of the molecule is Cc1cc(N)c(Cl)cc1S(=O)(=O)F. The first kappa shape index (κ1) is 10.3. The van der Waals surface area contributed by atoms with Crippen molar-refractivity contribution >= 4 is 27.5 Å². The molecule has 6 heteroatoms. The van der Waals surface area contributed by atoms with E-state index in [0.717, 1.165) is 6.07 Å². The molecule has 13 heavy (non-hydrogen) atoms. The lowest BCUT2D eigenvalue weighted by Crippen LogP contribution is -1.98. The first-order chi connectivity index (χ1) is 5.82. The van der Waals surface area contributed by atoms with Crippen LogP contribution in [0, 0.1) is 6.92 Å². The van der Waals surface area contributed by atoms with E-state index in [0.29, 0.717) is 0 Å². The molecule has 0 spiro atoms. The Morgan fingerprint density at radius 3 is 2.46 bits per heavy atom. The molecule has 0 bridgehead atoms. The van der Waals surface area contributed by atoms with Crippen LogP contribution in [0.25, 0.3) is 0 Å². The second-order valence-electron chi connectivity index (χ2n) is 2.58. The molecule has 0 aliphatic heterocycles. The Balaban J connectivity index is 3.50. The molecule has 1 aromatic carbocycles. The van der Waals surface area contributed by atoms with Gasteiger partial charge in [0, 0.05) is 0 Å². The number of anilines is 1. The van der Waals surface area contributed by atoms with Crippen LogP contribution < -0.4 is 5.73 Å². The molecule has 1 rings (SSSR count). The highest BCUT2D eigenvalue weighted by atomic mass is 35.5. The number of rotatable bonds is 1. The van der Waals surface area contributed by atoms with E-state index in [4.69, 9.17) is 17.3 Å². The Labute approximate surface area is 80.5 Å². The molecule has 0 unspecified atom stereocenters. The van der Waals surface area contributed by atoms with Gasteiger partial charge in [0.2, 0.25) is 0 Å². The van der Waals surface area contributed by atoms with E-state index in [1.165, 1.54) is 13.0 Å². The van der Waals surface area contributed by atoms with Gasteiger partial charge in [-0.05, 0) is 24.6 Å². The summed E-state index contributed by atoms with van der Waals surface area (Å²) in [6.07, 6.45) is 0. The maximum absolute atomic E-state index is 12.6. The van der Waals surface area contributed by atoms with E-state index in [9.17, 15) is 12.3 Å². The third-order valence-corrected chi connectivity index (χ3v) is 2.85. The second kappa shape index (κ2) is 3.16. The van der Waals surface area contributed by atoms with Crippen LogP contribution in [0.5, 0.6) is 0 Å². The molecule has 0 aromatic heterocycles. The zero-order valence-corrected chi connectivity index (χ0v) is 8.29. The average molecular weight is 224 g/mol. The molecule has 72 valence electrons. The molecule has 0 radical (unpaired) electrons. The summed E-state index contributed by atoms with van der Waals surface area (Å²) in [7, 11) is -4.71. The van der Waals surface area contributed by atoms with Gasteiger partial charge >= 0.3 is 10.2 Å². The first-order valence-electron chi connectivity index (χ1n) is 3.32. The van der Waals surface area contributed by atoms with Crippen molar-refractivity contribution in [3.8, 4) is 0 Å². The lowest BCUT2D eigenvalue weighted by molar-refractivity contribution is 0.551. The van der Waals surface area contributed by atoms with Crippen molar-refractivity contribution in [2.45, 2.75) is 11.8 Å². The fourth-order valence-electron chi connectivity index (χ4n) is 0.948. The van der Waals surface area contributed by atoms with E-state index >= 15 is 0 Å². The van der Waals surface area contributed by atoms with E-state index in [1.54, 1.807) is 0 Å². The van der Waals surface area contributed by atoms with Crippen molar-refractivity contribution in [1.82, 2.24) is 0 Å². The topological polar surface area (TPSA) is 60.2 Å². The fraction of sp³-hybridized carbons (Fsp3) is 0.143. The number of hydrogen-bond donors (Lipinski definition) is 1. The van der Waals surface area contributed by atoms with Crippen LogP contribution in [-0.4, -0.2) is 8.42 Å². The van der Waals surface area contributed by atoms with Gasteiger partial charge < -0.3 is 5.73 Å². The minimum atomic E-state index is -4.71. The van der Waals surface area contributed by atoms with Crippen LogP contribution in [0.3, 0.4) is 0 Å². The molecule has 0 saturated heterocycles. The van der Waals surface area contributed by atoms with E-state index in [1.807, 2.05) is 0 Å². The van der Waals surface area contributed by atoms with Gasteiger partial charge in [0.25, 0.3) is 0 Å². The Morgan fingerprint density at radius 2 is 2.00 bits per heavy atom. The van der Waals surface area contributed by atoms with Gasteiger partial charge in [-0.25, -0.2) is 0 Å². The largest absolute Gasteiger partial charge is 0.398 e. The fourth-order valence-corrected chi connectivity index (χ4v) is 1.88. The van der Waals surface area contributed by atoms with Crippen LogP contribution >= 0.6 is 11.6 Å². The third kappa shape index (κ3) is 2.10. The van der Waals surface area contributed by atoms with E-state index in [2.05, 4.69) is 0 Å². The smallest absolute Gasteiger partial charge is 0.332 e. The second-order valence-corrected chi connectivity index (χ2v) is 4.30. The average Bonchev–Trinajstić information content (AvgIpc) is 1.94. The van der Waals surface area contributed by atoms with Crippen LogP contribution in [0.15, 0.2) is 17.0 Å². The number of nitrogens with two attached hydrogens (primary N) is 1. The summed E-state index contributed by atoms with van der Waals surface area (Å²) in [4.78, 5) is -0.438. The van der Waals surface area contributed by atoms with Gasteiger partial charge in [-0.1, -0.05) is 11.6 Å². The van der Waals surface area contributed by atoms with Crippen molar-refractivity contribution in [1.29, 1.82) is 0 Å². The van der Waals surface area contributed by atoms with E-state index in [-0.39, 0.29) is 16.3 Å². The Hall–Kier alpha value is -0.810. The summed E-state index contributed by atoms with van der Waals surface area (Å²) in [6.45, 7) is 1.44. The summed E-state index contributed by atoms with van der Waals surface area (Å²) in [5, 5.41) is 0.0295. The molecule has 0 atom stereocenters. The number of halogens is 2. The molecule has 0 amide bonds. The lowest BCUT2D eigenvalue weighted by atomic mass is 10.2. The molecule has 0 fully saturated rings. The van der Waals surface area contributed by atoms with Gasteiger partial charge in [-0.3, -0.25) is 0 Å². The van der Waals surface area contributed by atoms with Gasteiger partial charge in [0.15, 0.2) is 0 Å². The highest BCUT2D eigenvalue weighted by Gasteiger charge is 2.16. The number of benzene rings is 1. The van der Waals surface area contributed by atoms with E-state index < -0.39 is 15.1 Å². The lowest BCUT2D eigenvalue weighted by Gasteiger charge is -2.03. The monoisotopic (exact) mass is 223 g/mol. The highest BCUT2D eigenvalue weighted by Crippen LogP contribution is 2.27. The van der Waals surface area contributed by atoms with Crippen LogP contribution in [0.4, 0.5) is 9.57 Å². The summed E-state index contributed by atoms with van der Waals surface area (Å²) in [5.41, 5.74) is 5.85. The van der Waals surface area contributed by atoms with Crippen molar-refractivity contribution in [3.05, 3.63) is 22.7 Å². The maximum Gasteiger partial charge on any atom is 0.332 e. The molecular formula is C7H7ClFNO2S. The molecule has 0 aliphatic rings. The minimum Gasteiger partial charge on any atom is -0.398 e. The van der Waals surface area contributed by atoms with Gasteiger partial charge in [0.1, 0.15) is 4.90 Å². The van der Waals surface area contributed by atoms with Crippen molar-refractivity contribution < 1.29 is 12.3 Å². The van der Waals surface area contributed by atoms with Crippen LogP contribution in [0.2, 0.25) is 5.02 Å².